The van der Waals surface area contributed by atoms with E-state index in [1.54, 1.807) is 30.1 Å². The fourth-order valence-corrected chi connectivity index (χ4v) is 2.08. The highest BCUT2D eigenvalue weighted by atomic mass is 16.7. The molecule has 6 nitrogen and oxygen atoms in total. The van der Waals surface area contributed by atoms with E-state index in [4.69, 9.17) is 9.47 Å². The Morgan fingerprint density at radius 3 is 2.67 bits per heavy atom. The Balaban J connectivity index is 1.90. The third-order valence-electron chi connectivity index (χ3n) is 2.97. The van der Waals surface area contributed by atoms with Crippen LogP contribution in [0, 0.1) is 0 Å². The lowest BCUT2D eigenvalue weighted by Gasteiger charge is -2.16. The summed E-state index contributed by atoms with van der Waals surface area (Å²) in [5.41, 5.74) is 0.551. The smallest absolute Gasteiger partial charge is 0.234 e. The predicted octanol–water partition coefficient (Wildman–Crippen LogP) is 1.05. The number of Topliss-reactive ketones (excluding diaryl/α,β-unsaturated/α-hetero) is 1. The maximum absolute atomic E-state index is 12.2. The van der Waals surface area contributed by atoms with Crippen molar-refractivity contribution in [3.05, 3.63) is 23.8 Å². The maximum Gasteiger partial charge on any atom is 0.234 e. The largest absolute Gasteiger partial charge is 0.454 e. The summed E-state index contributed by atoms with van der Waals surface area (Å²) in [4.78, 5) is 25.5. The molecule has 1 amide bonds. The van der Waals surface area contributed by atoms with Crippen LogP contribution < -0.4 is 14.8 Å². The zero-order chi connectivity index (χ0) is 15.4. The van der Waals surface area contributed by atoms with E-state index in [1.807, 2.05) is 13.8 Å². The Morgan fingerprint density at radius 2 is 1.95 bits per heavy atom. The molecule has 1 heterocycles. The van der Waals surface area contributed by atoms with Crippen LogP contribution in [0.15, 0.2) is 18.2 Å². The summed E-state index contributed by atoms with van der Waals surface area (Å²) < 4.78 is 10.5. The Hall–Kier alpha value is -2.08. The molecule has 6 heteroatoms. The third-order valence-corrected chi connectivity index (χ3v) is 2.97. The van der Waals surface area contributed by atoms with E-state index in [9.17, 15) is 9.59 Å². The first-order chi connectivity index (χ1) is 9.95. The summed E-state index contributed by atoms with van der Waals surface area (Å²) in [7, 11) is 1.74. The summed E-state index contributed by atoms with van der Waals surface area (Å²) in [5, 5.41) is 2.79. The van der Waals surface area contributed by atoms with Crippen LogP contribution in [0.1, 0.15) is 24.2 Å². The van der Waals surface area contributed by atoms with E-state index < -0.39 is 0 Å². The minimum atomic E-state index is -0.0917. The topological polar surface area (TPSA) is 67.9 Å². The van der Waals surface area contributed by atoms with Crippen molar-refractivity contribution >= 4 is 11.7 Å². The molecule has 0 radical (unpaired) electrons. The fraction of sp³-hybridized carbons (Fsp3) is 0.467. The van der Waals surface area contributed by atoms with Gasteiger partial charge in [0.2, 0.25) is 12.7 Å². The van der Waals surface area contributed by atoms with Crippen LogP contribution in [0.5, 0.6) is 11.5 Å². The van der Waals surface area contributed by atoms with Gasteiger partial charge in [-0.1, -0.05) is 0 Å². The highest BCUT2D eigenvalue weighted by molar-refractivity contribution is 5.98. The molecule has 1 aromatic carbocycles. The molecule has 0 fully saturated rings. The average molecular weight is 292 g/mol. The van der Waals surface area contributed by atoms with Crippen LogP contribution in [0.3, 0.4) is 0 Å². The van der Waals surface area contributed by atoms with E-state index in [1.165, 1.54) is 0 Å². The number of benzene rings is 1. The van der Waals surface area contributed by atoms with Gasteiger partial charge in [0.25, 0.3) is 0 Å². The van der Waals surface area contributed by atoms with Gasteiger partial charge in [-0.3, -0.25) is 14.5 Å². The van der Waals surface area contributed by atoms with Crippen molar-refractivity contribution in [2.45, 2.75) is 19.9 Å². The summed E-state index contributed by atoms with van der Waals surface area (Å²) in [5.74, 6) is 1.08. The second-order valence-electron chi connectivity index (χ2n) is 5.39. The lowest BCUT2D eigenvalue weighted by molar-refractivity contribution is -0.122. The summed E-state index contributed by atoms with van der Waals surface area (Å²) in [6, 6.07) is 5.20. The Morgan fingerprint density at radius 1 is 1.24 bits per heavy atom. The molecule has 114 valence electrons. The van der Waals surface area contributed by atoms with Crippen LogP contribution in [0.25, 0.3) is 0 Å². The summed E-state index contributed by atoms with van der Waals surface area (Å²) in [6.07, 6.45) is 0. The van der Waals surface area contributed by atoms with E-state index in [0.717, 1.165) is 0 Å². The lowest BCUT2D eigenvalue weighted by Crippen LogP contribution is -2.40. The van der Waals surface area contributed by atoms with Crippen LogP contribution >= 0.6 is 0 Å². The molecule has 0 bridgehead atoms. The van der Waals surface area contributed by atoms with Crippen molar-refractivity contribution in [1.29, 1.82) is 0 Å². The average Bonchev–Trinajstić information content (AvgIpc) is 2.84. The Bertz CT molecular complexity index is 542. The zero-order valence-electron chi connectivity index (χ0n) is 12.5. The molecule has 1 aliphatic rings. The van der Waals surface area contributed by atoms with Crippen LogP contribution in [-0.4, -0.2) is 49.6 Å². The normalized spacial score (nSPS) is 12.8. The van der Waals surface area contributed by atoms with Crippen molar-refractivity contribution in [1.82, 2.24) is 10.2 Å². The number of ketones is 1. The van der Waals surface area contributed by atoms with E-state index in [-0.39, 0.29) is 37.6 Å². The second-order valence-corrected chi connectivity index (χ2v) is 5.39. The molecule has 21 heavy (non-hydrogen) atoms. The van der Waals surface area contributed by atoms with Gasteiger partial charge in [-0.15, -0.1) is 0 Å². The van der Waals surface area contributed by atoms with Gasteiger partial charge < -0.3 is 14.8 Å². The predicted molar refractivity (Wildman–Crippen MR) is 77.7 cm³/mol. The van der Waals surface area contributed by atoms with Gasteiger partial charge in [0.1, 0.15) is 0 Å². The van der Waals surface area contributed by atoms with Crippen LogP contribution in [0.2, 0.25) is 0 Å². The molecular formula is C15H20N2O4. The van der Waals surface area contributed by atoms with Gasteiger partial charge in [0.05, 0.1) is 13.1 Å². The third kappa shape index (κ3) is 4.19. The fourth-order valence-electron chi connectivity index (χ4n) is 2.08. The number of ether oxygens (including phenoxy) is 2. The Labute approximate surface area is 124 Å². The van der Waals surface area contributed by atoms with Gasteiger partial charge in [-0.05, 0) is 39.1 Å². The van der Waals surface area contributed by atoms with Gasteiger partial charge in [0, 0.05) is 11.6 Å². The number of amides is 1. The number of likely N-dealkylation sites (N-methyl/N-ethyl adjacent to an activating group) is 1. The van der Waals surface area contributed by atoms with Gasteiger partial charge in [-0.2, -0.15) is 0 Å². The Kier molecular flexibility index (Phi) is 4.80. The molecule has 0 saturated carbocycles. The minimum Gasteiger partial charge on any atom is -0.454 e. The van der Waals surface area contributed by atoms with Crippen molar-refractivity contribution in [3.63, 3.8) is 0 Å². The molecule has 2 rings (SSSR count). The molecule has 0 aromatic heterocycles. The van der Waals surface area contributed by atoms with Gasteiger partial charge in [0.15, 0.2) is 17.3 Å². The monoisotopic (exact) mass is 292 g/mol. The lowest BCUT2D eigenvalue weighted by atomic mass is 10.1. The highest BCUT2D eigenvalue weighted by Crippen LogP contribution is 2.32. The number of hydrogen-bond donors (Lipinski definition) is 1. The number of hydrogen-bond acceptors (Lipinski definition) is 5. The van der Waals surface area contributed by atoms with Gasteiger partial charge >= 0.3 is 0 Å². The quantitative estimate of drug-likeness (QED) is 0.794. The van der Waals surface area contributed by atoms with Crippen molar-refractivity contribution in [2.24, 2.45) is 0 Å². The van der Waals surface area contributed by atoms with E-state index >= 15 is 0 Å². The maximum atomic E-state index is 12.2. The SMILES string of the molecule is CC(C)NC(=O)CN(C)CC(=O)c1ccc2c(c1)OCO2. The van der Waals surface area contributed by atoms with Gasteiger partial charge in [-0.25, -0.2) is 0 Å². The molecular weight excluding hydrogens is 272 g/mol. The molecule has 1 aromatic rings. The van der Waals surface area contributed by atoms with Crippen LogP contribution in [-0.2, 0) is 4.79 Å². The zero-order valence-corrected chi connectivity index (χ0v) is 12.5. The van der Waals surface area contributed by atoms with E-state index in [2.05, 4.69) is 5.32 Å². The first-order valence-corrected chi connectivity index (χ1v) is 6.86. The first-order valence-electron chi connectivity index (χ1n) is 6.86. The molecule has 1 N–H and O–H groups in total. The molecule has 0 aliphatic carbocycles. The van der Waals surface area contributed by atoms with E-state index in [0.29, 0.717) is 17.1 Å². The highest BCUT2D eigenvalue weighted by Gasteiger charge is 2.18. The molecule has 0 spiro atoms. The number of rotatable bonds is 6. The number of nitrogens with zero attached hydrogens (tertiary/aromatic N) is 1. The first kappa shape index (κ1) is 15.3. The van der Waals surface area contributed by atoms with Crippen molar-refractivity contribution in [2.75, 3.05) is 26.9 Å². The molecule has 0 saturated heterocycles. The second kappa shape index (κ2) is 6.58. The molecule has 0 unspecified atom stereocenters. The van der Waals surface area contributed by atoms with Crippen LogP contribution in [0.4, 0.5) is 0 Å². The number of fused-ring (bicyclic) bond motifs is 1. The summed E-state index contributed by atoms with van der Waals surface area (Å²) >= 11 is 0. The number of carbonyl (C=O) groups is 2. The minimum absolute atomic E-state index is 0.0619. The standard InChI is InChI=1S/C15H20N2O4/c1-10(2)16-15(19)8-17(3)7-12(18)11-4-5-13-14(6-11)21-9-20-13/h4-6,10H,7-9H2,1-3H3,(H,16,19). The molecule has 0 atom stereocenters. The number of carbonyl (C=O) groups excluding carboxylic acids is 2. The van der Waals surface area contributed by atoms with Crippen molar-refractivity contribution in [3.8, 4) is 11.5 Å². The van der Waals surface area contributed by atoms with Crippen molar-refractivity contribution < 1.29 is 19.1 Å². The molecule has 1 aliphatic heterocycles. The summed E-state index contributed by atoms with van der Waals surface area (Å²) in [6.45, 7) is 4.34. The number of nitrogens with one attached hydrogen (secondary N) is 1.